The lowest BCUT2D eigenvalue weighted by molar-refractivity contribution is 0.316. The lowest BCUT2D eigenvalue weighted by atomic mass is 9.91. The first kappa shape index (κ1) is 13.2. The van der Waals surface area contributed by atoms with E-state index in [4.69, 9.17) is 10.7 Å². The molecule has 3 unspecified atom stereocenters. The molecule has 2 aliphatic carbocycles. The molecule has 2 N–H and O–H groups in total. The second-order valence-corrected chi connectivity index (χ2v) is 8.05. The summed E-state index contributed by atoms with van der Waals surface area (Å²) in [6.45, 7) is 6.80. The smallest absolute Gasteiger partial charge is 0.115 e. The average Bonchev–Trinajstić information content (AvgIpc) is 3.09. The number of nitrogen functional groups attached to an aromatic ring is 1. The maximum absolute atomic E-state index is 5.96. The van der Waals surface area contributed by atoms with Gasteiger partial charge in [0.1, 0.15) is 5.82 Å². The number of aromatic nitrogens is 2. The van der Waals surface area contributed by atoms with Gasteiger partial charge in [0.15, 0.2) is 0 Å². The first-order chi connectivity index (χ1) is 9.93. The second-order valence-electron chi connectivity index (χ2n) is 8.05. The molecule has 2 fully saturated rings. The first-order valence-corrected chi connectivity index (χ1v) is 8.21. The van der Waals surface area contributed by atoms with Crippen LogP contribution in [-0.2, 0) is 5.41 Å². The van der Waals surface area contributed by atoms with Crippen LogP contribution in [0.15, 0.2) is 18.2 Å². The summed E-state index contributed by atoms with van der Waals surface area (Å²) < 4.78 is 2.55. The maximum atomic E-state index is 5.96. The van der Waals surface area contributed by atoms with Crippen molar-refractivity contribution in [3.8, 4) is 0 Å². The van der Waals surface area contributed by atoms with Gasteiger partial charge in [-0.3, -0.25) is 0 Å². The molecule has 3 heteroatoms. The van der Waals surface area contributed by atoms with Crippen molar-refractivity contribution in [3.05, 3.63) is 24.0 Å². The van der Waals surface area contributed by atoms with Crippen molar-refractivity contribution >= 4 is 16.7 Å². The van der Waals surface area contributed by atoms with Gasteiger partial charge in [0.05, 0.1) is 11.0 Å². The molecule has 2 aliphatic rings. The third kappa shape index (κ3) is 1.97. The van der Waals surface area contributed by atoms with E-state index >= 15 is 0 Å². The van der Waals surface area contributed by atoms with Crippen molar-refractivity contribution in [2.24, 2.45) is 11.8 Å². The van der Waals surface area contributed by atoms with Crippen LogP contribution in [0.25, 0.3) is 11.0 Å². The molecule has 0 spiro atoms. The summed E-state index contributed by atoms with van der Waals surface area (Å²) >= 11 is 0. The van der Waals surface area contributed by atoms with Crippen LogP contribution >= 0.6 is 0 Å². The zero-order valence-electron chi connectivity index (χ0n) is 13.3. The van der Waals surface area contributed by atoms with E-state index in [1.807, 2.05) is 12.1 Å². The van der Waals surface area contributed by atoms with Gasteiger partial charge in [-0.05, 0) is 49.3 Å². The topological polar surface area (TPSA) is 43.8 Å². The van der Waals surface area contributed by atoms with Gasteiger partial charge in [-0.15, -0.1) is 0 Å². The van der Waals surface area contributed by atoms with Crippen LogP contribution in [0.5, 0.6) is 0 Å². The largest absolute Gasteiger partial charge is 0.399 e. The fraction of sp³-hybridized carbons (Fsp3) is 0.611. The predicted octanol–water partition coefficient (Wildman–Crippen LogP) is 4.28. The second kappa shape index (κ2) is 4.25. The highest BCUT2D eigenvalue weighted by Gasteiger charge is 2.42. The monoisotopic (exact) mass is 283 g/mol. The number of nitrogens with zero attached hydrogens (tertiary/aromatic N) is 2. The number of rotatable bonds is 1. The minimum atomic E-state index is 0.0651. The summed E-state index contributed by atoms with van der Waals surface area (Å²) in [6.07, 6.45) is 5.59. The Hall–Kier alpha value is -1.51. The molecule has 2 bridgehead atoms. The van der Waals surface area contributed by atoms with Gasteiger partial charge >= 0.3 is 0 Å². The molecule has 2 aromatic rings. The van der Waals surface area contributed by atoms with Gasteiger partial charge in [-0.2, -0.15) is 0 Å². The molecule has 4 rings (SSSR count). The molecule has 2 saturated carbocycles. The summed E-state index contributed by atoms with van der Waals surface area (Å²) in [5, 5.41) is 0. The Morgan fingerprint density at radius 1 is 1.19 bits per heavy atom. The maximum Gasteiger partial charge on any atom is 0.115 e. The standard InChI is InChI=1S/C18H25N3/c1-18(2,3)17-20-14-10-13(19)6-7-15(14)21(17)16-9-11-4-5-12(16)8-11/h6-7,10-12,16H,4-5,8-9,19H2,1-3H3. The number of hydrogen-bond acceptors (Lipinski definition) is 2. The van der Waals surface area contributed by atoms with E-state index in [1.54, 1.807) is 0 Å². The van der Waals surface area contributed by atoms with Crippen molar-refractivity contribution in [2.45, 2.75) is 57.9 Å². The van der Waals surface area contributed by atoms with E-state index in [1.165, 1.54) is 37.0 Å². The average molecular weight is 283 g/mol. The van der Waals surface area contributed by atoms with Gasteiger partial charge in [0, 0.05) is 17.1 Å². The van der Waals surface area contributed by atoms with E-state index in [0.717, 1.165) is 23.0 Å². The lowest BCUT2D eigenvalue weighted by Gasteiger charge is -2.29. The molecule has 1 aromatic carbocycles. The molecule has 21 heavy (non-hydrogen) atoms. The molecule has 3 atom stereocenters. The lowest BCUT2D eigenvalue weighted by Crippen LogP contribution is -2.25. The van der Waals surface area contributed by atoms with Gasteiger partial charge in [0.2, 0.25) is 0 Å². The Morgan fingerprint density at radius 2 is 2.00 bits per heavy atom. The van der Waals surface area contributed by atoms with Crippen LogP contribution in [0.3, 0.4) is 0 Å². The summed E-state index contributed by atoms with van der Waals surface area (Å²) in [5.74, 6) is 3.02. The Balaban J connectivity index is 1.92. The van der Waals surface area contributed by atoms with E-state index in [2.05, 4.69) is 31.4 Å². The molecule has 3 nitrogen and oxygen atoms in total. The molecule has 112 valence electrons. The molecule has 0 aliphatic heterocycles. The minimum Gasteiger partial charge on any atom is -0.399 e. The van der Waals surface area contributed by atoms with Crippen LogP contribution in [-0.4, -0.2) is 9.55 Å². The number of hydrogen-bond donors (Lipinski definition) is 1. The molecular formula is C18H25N3. The minimum absolute atomic E-state index is 0.0651. The molecule has 1 heterocycles. The van der Waals surface area contributed by atoms with E-state index in [0.29, 0.717) is 6.04 Å². The summed E-state index contributed by atoms with van der Waals surface area (Å²) in [7, 11) is 0. The normalized spacial score (nSPS) is 28.6. The fourth-order valence-electron chi connectivity index (χ4n) is 4.51. The highest BCUT2D eigenvalue weighted by molar-refractivity contribution is 5.80. The number of nitrogens with two attached hydrogens (primary N) is 1. The van der Waals surface area contributed by atoms with Crippen LogP contribution in [0.4, 0.5) is 5.69 Å². The van der Waals surface area contributed by atoms with Crippen LogP contribution in [0.2, 0.25) is 0 Å². The van der Waals surface area contributed by atoms with Crippen molar-refractivity contribution in [1.29, 1.82) is 0 Å². The van der Waals surface area contributed by atoms with Crippen molar-refractivity contribution in [3.63, 3.8) is 0 Å². The molecular weight excluding hydrogens is 258 g/mol. The fourth-order valence-corrected chi connectivity index (χ4v) is 4.51. The summed E-state index contributed by atoms with van der Waals surface area (Å²) in [6, 6.07) is 6.85. The van der Waals surface area contributed by atoms with Crippen LogP contribution in [0, 0.1) is 11.8 Å². The number of anilines is 1. The third-order valence-corrected chi connectivity index (χ3v) is 5.42. The first-order valence-electron chi connectivity index (χ1n) is 8.21. The summed E-state index contributed by atoms with van der Waals surface area (Å²) in [4.78, 5) is 4.96. The SMILES string of the molecule is CC(C)(C)c1nc2cc(N)ccc2n1C1CC2CCC1C2. The van der Waals surface area contributed by atoms with Gasteiger partial charge in [0.25, 0.3) is 0 Å². The van der Waals surface area contributed by atoms with E-state index < -0.39 is 0 Å². The number of imidazole rings is 1. The van der Waals surface area contributed by atoms with Crippen molar-refractivity contribution in [2.75, 3.05) is 5.73 Å². The van der Waals surface area contributed by atoms with E-state index in [9.17, 15) is 0 Å². The predicted molar refractivity (Wildman–Crippen MR) is 87.3 cm³/mol. The Bertz CT molecular complexity index is 692. The molecule has 0 amide bonds. The Kier molecular flexibility index (Phi) is 2.66. The van der Waals surface area contributed by atoms with Crippen molar-refractivity contribution in [1.82, 2.24) is 9.55 Å². The number of fused-ring (bicyclic) bond motifs is 3. The zero-order valence-corrected chi connectivity index (χ0v) is 13.3. The number of benzene rings is 1. The Morgan fingerprint density at radius 3 is 2.62 bits per heavy atom. The Labute approximate surface area is 126 Å². The van der Waals surface area contributed by atoms with Crippen LogP contribution in [0.1, 0.15) is 58.3 Å². The molecule has 0 saturated heterocycles. The van der Waals surface area contributed by atoms with Crippen molar-refractivity contribution < 1.29 is 0 Å². The van der Waals surface area contributed by atoms with E-state index in [-0.39, 0.29) is 5.41 Å². The highest BCUT2D eigenvalue weighted by Crippen LogP contribution is 2.52. The summed E-state index contributed by atoms with van der Waals surface area (Å²) in [5.41, 5.74) is 9.16. The van der Waals surface area contributed by atoms with Crippen LogP contribution < -0.4 is 5.73 Å². The third-order valence-electron chi connectivity index (χ3n) is 5.42. The van der Waals surface area contributed by atoms with Gasteiger partial charge in [-0.1, -0.05) is 27.2 Å². The zero-order chi connectivity index (χ0) is 14.8. The highest BCUT2D eigenvalue weighted by atomic mass is 15.1. The molecule has 1 aromatic heterocycles. The van der Waals surface area contributed by atoms with Gasteiger partial charge < -0.3 is 10.3 Å². The molecule has 0 radical (unpaired) electrons. The van der Waals surface area contributed by atoms with Gasteiger partial charge in [-0.25, -0.2) is 4.98 Å². The quantitative estimate of drug-likeness (QED) is 0.794.